The maximum absolute atomic E-state index is 16.6. The van der Waals surface area contributed by atoms with Crippen molar-refractivity contribution in [1.82, 2.24) is 24.8 Å². The van der Waals surface area contributed by atoms with Crippen LogP contribution in [0, 0.1) is 18.2 Å². The van der Waals surface area contributed by atoms with Gasteiger partial charge >= 0.3 is 6.01 Å². The van der Waals surface area contributed by atoms with Gasteiger partial charge in [0, 0.05) is 55.9 Å². The third-order valence-electron chi connectivity index (χ3n) is 9.25. The van der Waals surface area contributed by atoms with E-state index in [2.05, 4.69) is 31.3 Å². The molecule has 3 atom stereocenters. The molecule has 1 amide bonds. The number of amides is 1. The molecule has 0 spiro atoms. The molecule has 3 aliphatic heterocycles. The number of carbonyl (C=O) groups excluding carboxylic acids is 1. The van der Waals surface area contributed by atoms with Crippen molar-refractivity contribution >= 4 is 45.0 Å². The Morgan fingerprint density at radius 1 is 1.19 bits per heavy atom. The zero-order valence-electron chi connectivity index (χ0n) is 25.8. The number of rotatable bonds is 9. The minimum atomic E-state index is -1.11. The Balaban J connectivity index is 1.25. The quantitative estimate of drug-likeness (QED) is 0.132. The predicted octanol–water partition coefficient (Wildman–Crippen LogP) is 5.44. The Hall–Kier alpha value is -4.51. The Morgan fingerprint density at radius 3 is 2.79 bits per heavy atom. The lowest BCUT2D eigenvalue weighted by atomic mass is 10.0. The van der Waals surface area contributed by atoms with Gasteiger partial charge in [0.25, 0.3) is 5.91 Å². The van der Waals surface area contributed by atoms with E-state index in [1.807, 2.05) is 0 Å². The summed E-state index contributed by atoms with van der Waals surface area (Å²) >= 11 is 6.37. The van der Waals surface area contributed by atoms with Crippen molar-refractivity contribution in [2.24, 2.45) is 0 Å². The number of aromatic nitrogens is 3. The van der Waals surface area contributed by atoms with Crippen molar-refractivity contribution in [3.8, 4) is 17.3 Å². The summed E-state index contributed by atoms with van der Waals surface area (Å²) in [6, 6.07) is 7.57. The van der Waals surface area contributed by atoms with Gasteiger partial charge in [0.15, 0.2) is 11.6 Å². The number of fused-ring (bicyclic) bond motifs is 4. The van der Waals surface area contributed by atoms with Crippen molar-refractivity contribution in [3.05, 3.63) is 77.0 Å². The standard InChI is InChI=1S/C34H31ClF3N7O3/c1-19(36)33(46)45-11-10-44(16-22(45)14-39-2)32-25-15-40-30(24-6-3-5-20-7-8-26(37)28(35)27(20)24)29(38)31(25)41-34(42-32)47-12-4-9-43-17-23-13-21(43)18-48-23/h3,5-8,15,21-23H,1,4,9-14,16-18H2/t21-,22-,23-/m0/s1. The number of benzene rings is 2. The average Bonchev–Trinajstić information content (AvgIpc) is 3.72. The first kappa shape index (κ1) is 32.1. The lowest BCUT2D eigenvalue weighted by Gasteiger charge is -2.39. The fourth-order valence-corrected chi connectivity index (χ4v) is 7.21. The number of anilines is 1. The van der Waals surface area contributed by atoms with Gasteiger partial charge in [-0.25, -0.2) is 19.7 Å². The summed E-state index contributed by atoms with van der Waals surface area (Å²) in [6.07, 6.45) is 3.44. The molecule has 5 heterocycles. The SMILES string of the molecule is [C-]#[N+]C[C@H]1CN(c2nc(OCCCN3C[C@@H]4C[C@H]3CO4)nc3c(F)c(-c4cccc5ccc(F)c(Cl)c45)ncc23)CCN1C(=O)C(=C)F. The molecule has 2 aromatic carbocycles. The van der Waals surface area contributed by atoms with Crippen LogP contribution in [-0.4, -0.2) is 101 Å². The van der Waals surface area contributed by atoms with Crippen molar-refractivity contribution in [3.63, 3.8) is 0 Å². The van der Waals surface area contributed by atoms with Gasteiger partial charge in [-0.1, -0.05) is 42.4 Å². The van der Waals surface area contributed by atoms with Gasteiger partial charge in [0.1, 0.15) is 28.9 Å². The lowest BCUT2D eigenvalue weighted by Crippen LogP contribution is -2.56. The van der Waals surface area contributed by atoms with Crippen LogP contribution in [0.5, 0.6) is 6.01 Å². The van der Waals surface area contributed by atoms with Crippen LogP contribution in [0.3, 0.4) is 0 Å². The topological polar surface area (TPSA) is 88.3 Å². The highest BCUT2D eigenvalue weighted by Crippen LogP contribution is 2.38. The van der Waals surface area contributed by atoms with Crippen LogP contribution in [0.15, 0.2) is 48.9 Å². The van der Waals surface area contributed by atoms with Crippen LogP contribution in [-0.2, 0) is 9.53 Å². The van der Waals surface area contributed by atoms with E-state index in [0.717, 1.165) is 26.1 Å². The van der Waals surface area contributed by atoms with Gasteiger partial charge in [0.05, 0.1) is 29.7 Å². The van der Waals surface area contributed by atoms with E-state index in [4.69, 9.17) is 27.6 Å². The second kappa shape index (κ2) is 13.2. The van der Waals surface area contributed by atoms with Gasteiger partial charge in [-0.3, -0.25) is 14.7 Å². The number of halogens is 4. The summed E-state index contributed by atoms with van der Waals surface area (Å²) in [6.45, 7) is 13.6. The molecule has 0 radical (unpaired) electrons. The Kier molecular flexibility index (Phi) is 8.80. The average molecular weight is 678 g/mol. The zero-order valence-corrected chi connectivity index (χ0v) is 26.6. The molecular weight excluding hydrogens is 647 g/mol. The van der Waals surface area contributed by atoms with Gasteiger partial charge in [-0.2, -0.15) is 9.97 Å². The molecule has 3 saturated heterocycles. The number of hydrogen-bond acceptors (Lipinski definition) is 8. The molecule has 0 unspecified atom stereocenters. The van der Waals surface area contributed by atoms with Crippen LogP contribution in [0.2, 0.25) is 5.02 Å². The summed E-state index contributed by atoms with van der Waals surface area (Å²) in [5.41, 5.74) is 0.139. The smallest absolute Gasteiger partial charge is 0.319 e. The minimum absolute atomic E-state index is 0.0563. The first-order valence-electron chi connectivity index (χ1n) is 15.7. The number of likely N-dealkylation sites (tertiary alicyclic amines) is 1. The van der Waals surface area contributed by atoms with E-state index in [-0.39, 0.29) is 66.5 Å². The highest BCUT2D eigenvalue weighted by Gasteiger charge is 2.38. The number of carbonyl (C=O) groups is 1. The van der Waals surface area contributed by atoms with Crippen molar-refractivity contribution < 1.29 is 27.4 Å². The number of morpholine rings is 1. The minimum Gasteiger partial charge on any atom is -0.463 e. The molecular formula is C34H31ClF3N7O3. The molecule has 0 saturated carbocycles. The summed E-state index contributed by atoms with van der Waals surface area (Å²) in [7, 11) is 0. The molecule has 48 heavy (non-hydrogen) atoms. The number of hydrogen-bond donors (Lipinski definition) is 0. The largest absolute Gasteiger partial charge is 0.463 e. The van der Waals surface area contributed by atoms with Crippen molar-refractivity contribution in [2.75, 3.05) is 57.4 Å². The fraction of sp³-hybridized carbons (Fsp3) is 0.382. The molecule has 3 fully saturated rings. The Labute approximate surface area is 279 Å². The number of ether oxygens (including phenoxy) is 2. The summed E-state index contributed by atoms with van der Waals surface area (Å²) in [5, 5.41) is 1.04. The normalized spacial score (nSPS) is 20.9. The zero-order chi connectivity index (χ0) is 33.5. The van der Waals surface area contributed by atoms with E-state index in [9.17, 15) is 13.6 Å². The van der Waals surface area contributed by atoms with E-state index >= 15 is 4.39 Å². The molecule has 3 aliphatic rings. The molecule has 2 aromatic heterocycles. The van der Waals surface area contributed by atoms with Gasteiger partial charge < -0.3 is 24.1 Å². The molecule has 7 rings (SSSR count). The molecule has 10 nitrogen and oxygen atoms in total. The third kappa shape index (κ3) is 5.89. The predicted molar refractivity (Wildman–Crippen MR) is 174 cm³/mol. The maximum Gasteiger partial charge on any atom is 0.319 e. The molecule has 248 valence electrons. The van der Waals surface area contributed by atoms with E-state index < -0.39 is 29.4 Å². The van der Waals surface area contributed by atoms with E-state index in [1.165, 1.54) is 17.2 Å². The fourth-order valence-electron chi connectivity index (χ4n) is 6.94. The number of nitrogens with zero attached hydrogens (tertiary/aromatic N) is 7. The number of piperazine rings is 1. The van der Waals surface area contributed by atoms with Crippen LogP contribution in [0.25, 0.3) is 37.8 Å². The molecule has 4 aromatic rings. The van der Waals surface area contributed by atoms with Crippen molar-refractivity contribution in [1.29, 1.82) is 0 Å². The Bertz CT molecular complexity index is 1970. The van der Waals surface area contributed by atoms with Crippen LogP contribution < -0.4 is 9.64 Å². The van der Waals surface area contributed by atoms with Gasteiger partial charge in [-0.15, -0.1) is 0 Å². The number of pyridine rings is 1. The van der Waals surface area contributed by atoms with Gasteiger partial charge in [-0.05, 0) is 24.3 Å². The highest BCUT2D eigenvalue weighted by atomic mass is 35.5. The summed E-state index contributed by atoms with van der Waals surface area (Å²) in [4.78, 5) is 35.0. The first-order chi connectivity index (χ1) is 23.2. The molecule has 0 aliphatic carbocycles. The first-order valence-corrected chi connectivity index (χ1v) is 16.1. The maximum atomic E-state index is 16.6. The lowest BCUT2D eigenvalue weighted by molar-refractivity contribution is -0.131. The monoisotopic (exact) mass is 677 g/mol. The second-order valence-corrected chi connectivity index (χ2v) is 12.5. The van der Waals surface area contributed by atoms with E-state index in [0.29, 0.717) is 34.6 Å². The molecule has 2 bridgehead atoms. The third-order valence-corrected chi connectivity index (χ3v) is 9.62. The van der Waals surface area contributed by atoms with E-state index in [1.54, 1.807) is 29.2 Å². The Morgan fingerprint density at radius 2 is 2.04 bits per heavy atom. The van der Waals surface area contributed by atoms with Crippen LogP contribution in [0.1, 0.15) is 12.8 Å². The highest BCUT2D eigenvalue weighted by molar-refractivity contribution is 6.36. The molecule has 0 N–H and O–H groups in total. The van der Waals surface area contributed by atoms with Crippen LogP contribution >= 0.6 is 11.6 Å². The van der Waals surface area contributed by atoms with Crippen molar-refractivity contribution in [2.45, 2.75) is 31.0 Å². The van der Waals surface area contributed by atoms with Gasteiger partial charge in [0.2, 0.25) is 6.54 Å². The second-order valence-electron chi connectivity index (χ2n) is 12.2. The molecule has 14 heteroatoms. The summed E-state index contributed by atoms with van der Waals surface area (Å²) in [5.74, 6) is -3.11. The summed E-state index contributed by atoms with van der Waals surface area (Å²) < 4.78 is 56.7. The van der Waals surface area contributed by atoms with Crippen LogP contribution in [0.4, 0.5) is 19.0 Å².